The van der Waals surface area contributed by atoms with Crippen molar-refractivity contribution >= 4 is 34.7 Å². The monoisotopic (exact) mass is 580 g/mol. The maximum Gasteiger partial charge on any atom is 0.306 e. The molecule has 1 saturated heterocycles. The van der Waals surface area contributed by atoms with Crippen LogP contribution in [0.2, 0.25) is 0 Å². The lowest BCUT2D eigenvalue weighted by molar-refractivity contribution is -0.146. The van der Waals surface area contributed by atoms with E-state index in [1.807, 2.05) is 54.4 Å². The van der Waals surface area contributed by atoms with Crippen molar-refractivity contribution in [1.82, 2.24) is 14.9 Å². The normalized spacial score (nSPS) is 22.5. The first-order valence-corrected chi connectivity index (χ1v) is 14.5. The number of amides is 1. The smallest absolute Gasteiger partial charge is 0.306 e. The van der Waals surface area contributed by atoms with Crippen molar-refractivity contribution in [3.8, 4) is 5.75 Å². The number of carbonyl (C=O) groups is 2. The largest absolute Gasteiger partial charge is 0.495 e. The van der Waals surface area contributed by atoms with Gasteiger partial charge in [-0.2, -0.15) is 10.0 Å². The van der Waals surface area contributed by atoms with Crippen LogP contribution in [-0.4, -0.2) is 84.5 Å². The van der Waals surface area contributed by atoms with Gasteiger partial charge in [0.2, 0.25) is 5.91 Å². The van der Waals surface area contributed by atoms with E-state index >= 15 is 0 Å². The van der Waals surface area contributed by atoms with E-state index in [4.69, 9.17) is 18.7 Å². The molecule has 5 rings (SSSR count). The fraction of sp³-hybridized carbons (Fsp3) is 0.516. The quantitative estimate of drug-likeness (QED) is 0.293. The number of fused-ring (bicyclic) bond motifs is 1. The molecule has 1 aliphatic carbocycles. The van der Waals surface area contributed by atoms with E-state index in [1.165, 1.54) is 0 Å². The minimum Gasteiger partial charge on any atom is -0.495 e. The summed E-state index contributed by atoms with van der Waals surface area (Å²) in [5, 5.41) is 14.2. The van der Waals surface area contributed by atoms with Crippen molar-refractivity contribution in [3.05, 3.63) is 48.0 Å². The molecular weight excluding hydrogens is 540 g/mol. The standard InChI is InChI=1S/C31H40N4O7/c1-34(40-3)18-22-11-12-23(19-41-24-13-9-21(10-14-24)30(37)38)35(22)29(36)17-20-8-15-26-28(16-20)42-31(33-26)32-25-6-4-5-7-27(25)39-2/h4-8,15-16,21-24H,9-14,17-19H2,1-3H3,(H,32,33)(H,37,38)/t21?,22-,23-,24?/m0/s1. The Morgan fingerprint density at radius 1 is 1.07 bits per heavy atom. The van der Waals surface area contributed by atoms with Crippen LogP contribution in [0.25, 0.3) is 11.1 Å². The number of benzene rings is 2. The van der Waals surface area contributed by atoms with Crippen molar-refractivity contribution in [2.24, 2.45) is 5.92 Å². The van der Waals surface area contributed by atoms with Crippen molar-refractivity contribution in [2.75, 3.05) is 39.7 Å². The molecule has 0 spiro atoms. The SMILES string of the molecule is COc1ccccc1Nc1nc2ccc(CC(=O)N3[C@H](COC4CCC(C(=O)O)CC4)CC[C@H]3CN(C)OC)cc2o1. The number of rotatable bonds is 12. The molecule has 226 valence electrons. The number of likely N-dealkylation sites (N-methyl/N-ethyl adjacent to an activating group) is 1. The maximum absolute atomic E-state index is 13.8. The second-order valence-corrected chi connectivity index (χ2v) is 11.1. The molecule has 1 amide bonds. The lowest BCUT2D eigenvalue weighted by atomic mass is 9.87. The molecule has 3 aromatic rings. The van der Waals surface area contributed by atoms with Crippen LogP contribution in [0.3, 0.4) is 0 Å². The van der Waals surface area contributed by atoms with Gasteiger partial charge in [0.15, 0.2) is 5.58 Å². The number of aromatic nitrogens is 1. The Kier molecular flexibility index (Phi) is 9.61. The Hall–Kier alpha value is -3.67. The molecule has 1 aliphatic heterocycles. The molecule has 11 nitrogen and oxygen atoms in total. The first-order valence-electron chi connectivity index (χ1n) is 14.5. The summed E-state index contributed by atoms with van der Waals surface area (Å²) in [5.41, 5.74) is 2.86. The zero-order chi connectivity index (χ0) is 29.6. The summed E-state index contributed by atoms with van der Waals surface area (Å²) < 4.78 is 17.6. The second kappa shape index (κ2) is 13.5. The number of carboxylic acids is 1. The number of hydrogen-bond acceptors (Lipinski definition) is 9. The molecule has 2 aromatic carbocycles. The Morgan fingerprint density at radius 3 is 2.57 bits per heavy atom. The fourth-order valence-electron chi connectivity index (χ4n) is 6.07. The summed E-state index contributed by atoms with van der Waals surface area (Å²) in [6, 6.07) is 13.5. The van der Waals surface area contributed by atoms with Crippen LogP contribution in [0.4, 0.5) is 11.7 Å². The van der Waals surface area contributed by atoms with Crippen LogP contribution >= 0.6 is 0 Å². The lowest BCUT2D eigenvalue weighted by Crippen LogP contribution is -2.48. The van der Waals surface area contributed by atoms with E-state index in [0.717, 1.165) is 36.9 Å². The van der Waals surface area contributed by atoms with Crippen LogP contribution in [0, 0.1) is 5.92 Å². The molecule has 0 unspecified atom stereocenters. The highest BCUT2D eigenvalue weighted by Crippen LogP contribution is 2.31. The maximum atomic E-state index is 13.8. The first-order chi connectivity index (χ1) is 20.3. The number of nitrogens with one attached hydrogen (secondary N) is 1. The van der Waals surface area contributed by atoms with Gasteiger partial charge in [0.25, 0.3) is 6.01 Å². The van der Waals surface area contributed by atoms with E-state index in [-0.39, 0.29) is 36.4 Å². The van der Waals surface area contributed by atoms with Gasteiger partial charge >= 0.3 is 5.97 Å². The second-order valence-electron chi connectivity index (χ2n) is 11.1. The Bertz CT molecular complexity index is 1370. The molecule has 1 aromatic heterocycles. The number of methoxy groups -OCH3 is 1. The fourth-order valence-corrected chi connectivity index (χ4v) is 6.07. The van der Waals surface area contributed by atoms with Gasteiger partial charge in [-0.15, -0.1) is 0 Å². The van der Waals surface area contributed by atoms with Crippen molar-refractivity contribution < 1.29 is 33.4 Å². The molecule has 1 saturated carbocycles. The Labute approximate surface area is 245 Å². The number of likely N-dealkylation sites (tertiary alicyclic amines) is 1. The number of carbonyl (C=O) groups excluding carboxylic acids is 1. The van der Waals surface area contributed by atoms with Gasteiger partial charge in [0.1, 0.15) is 11.3 Å². The van der Waals surface area contributed by atoms with Crippen molar-refractivity contribution in [2.45, 2.75) is 63.1 Å². The van der Waals surface area contributed by atoms with Crippen LogP contribution in [0.5, 0.6) is 5.75 Å². The Morgan fingerprint density at radius 2 is 1.83 bits per heavy atom. The van der Waals surface area contributed by atoms with E-state index in [1.54, 1.807) is 19.3 Å². The summed E-state index contributed by atoms with van der Waals surface area (Å²) >= 11 is 0. The molecule has 11 heteroatoms. The van der Waals surface area contributed by atoms with Gasteiger partial charge in [-0.05, 0) is 68.4 Å². The van der Waals surface area contributed by atoms with Crippen molar-refractivity contribution in [3.63, 3.8) is 0 Å². The number of nitrogens with zero attached hydrogens (tertiary/aromatic N) is 3. The predicted octanol–water partition coefficient (Wildman–Crippen LogP) is 4.64. The summed E-state index contributed by atoms with van der Waals surface area (Å²) in [5.74, 6) is -0.301. The zero-order valence-corrected chi connectivity index (χ0v) is 24.5. The summed E-state index contributed by atoms with van der Waals surface area (Å²) in [6.07, 6.45) is 4.70. The minimum atomic E-state index is -0.724. The summed E-state index contributed by atoms with van der Waals surface area (Å²) in [7, 11) is 5.10. The average Bonchev–Trinajstić information content (AvgIpc) is 3.59. The van der Waals surface area contributed by atoms with E-state index < -0.39 is 5.97 Å². The molecule has 2 atom stereocenters. The number of hydrogen-bond donors (Lipinski definition) is 2. The number of carboxylic acid groups (broad SMARTS) is 1. The van der Waals surface area contributed by atoms with Crippen molar-refractivity contribution in [1.29, 1.82) is 0 Å². The zero-order valence-electron chi connectivity index (χ0n) is 24.5. The van der Waals surface area contributed by atoms with Crippen LogP contribution in [0.1, 0.15) is 44.1 Å². The number of ether oxygens (including phenoxy) is 2. The number of hydroxylamine groups is 2. The molecule has 2 N–H and O–H groups in total. The molecule has 0 bridgehead atoms. The van der Waals surface area contributed by atoms with Gasteiger partial charge in [0, 0.05) is 19.6 Å². The molecule has 0 radical (unpaired) electrons. The van der Waals surface area contributed by atoms with Gasteiger partial charge in [0.05, 0.1) is 51.0 Å². The van der Waals surface area contributed by atoms with Crippen LogP contribution < -0.4 is 10.1 Å². The van der Waals surface area contributed by atoms with E-state index in [2.05, 4.69) is 10.3 Å². The van der Waals surface area contributed by atoms with Gasteiger partial charge in [-0.25, -0.2) is 0 Å². The van der Waals surface area contributed by atoms with Gasteiger partial charge < -0.3 is 34.1 Å². The number of aliphatic carboxylic acids is 1. The summed E-state index contributed by atoms with van der Waals surface area (Å²) in [4.78, 5) is 37.0. The highest BCUT2D eigenvalue weighted by atomic mass is 16.7. The molecule has 2 aliphatic rings. The molecular formula is C31H40N4O7. The number of anilines is 2. The minimum absolute atomic E-state index is 0.00413. The van der Waals surface area contributed by atoms with E-state index in [9.17, 15) is 14.7 Å². The third-order valence-electron chi connectivity index (χ3n) is 8.39. The topological polar surface area (TPSA) is 127 Å². The Balaban J connectivity index is 1.26. The van der Waals surface area contributed by atoms with E-state index in [0.29, 0.717) is 48.9 Å². The van der Waals surface area contributed by atoms with Gasteiger partial charge in [-0.1, -0.05) is 18.2 Å². The average molecular weight is 581 g/mol. The highest BCUT2D eigenvalue weighted by molar-refractivity contribution is 5.82. The lowest BCUT2D eigenvalue weighted by Gasteiger charge is -2.34. The van der Waals surface area contributed by atoms with Crippen LogP contribution in [-0.2, 0) is 25.6 Å². The number of para-hydroxylation sites is 2. The number of oxazole rings is 1. The molecule has 2 fully saturated rings. The molecule has 42 heavy (non-hydrogen) atoms. The van der Waals surface area contributed by atoms with Gasteiger partial charge in [-0.3, -0.25) is 9.59 Å². The van der Waals surface area contributed by atoms with Crippen LogP contribution in [0.15, 0.2) is 46.9 Å². The summed E-state index contributed by atoms with van der Waals surface area (Å²) in [6.45, 7) is 1.04. The third-order valence-corrected chi connectivity index (χ3v) is 8.39. The third kappa shape index (κ3) is 7.03. The first kappa shape index (κ1) is 29.8. The predicted molar refractivity (Wildman–Crippen MR) is 157 cm³/mol. The highest BCUT2D eigenvalue weighted by Gasteiger charge is 2.38. The molecule has 2 heterocycles.